The topological polar surface area (TPSA) is 43.4 Å². The Balaban J connectivity index is 2.07. The zero-order valence-electron chi connectivity index (χ0n) is 10.6. The molecule has 1 aromatic carbocycles. The van der Waals surface area contributed by atoms with Crippen molar-refractivity contribution in [3.63, 3.8) is 0 Å². The maximum absolute atomic E-state index is 11.7. The number of hydrogen-bond donors (Lipinski definition) is 0. The predicted octanol–water partition coefficient (Wildman–Crippen LogP) is 3.09. The maximum atomic E-state index is 11.7. The smallest absolute Gasteiger partial charge is 0.379 e. The van der Waals surface area contributed by atoms with E-state index in [2.05, 4.69) is 0 Å². The van der Waals surface area contributed by atoms with Gasteiger partial charge in [-0.2, -0.15) is 0 Å². The highest BCUT2D eigenvalue weighted by atomic mass is 16.5. The average molecular weight is 246 g/mol. The highest BCUT2D eigenvalue weighted by Crippen LogP contribution is 2.33. The van der Waals surface area contributed by atoms with E-state index in [4.69, 9.17) is 4.74 Å². The second-order valence-corrected chi connectivity index (χ2v) is 4.65. The SMILES string of the molecule is CCOC(=O)C(=O)c1ccc(C2CCCC2)cc1. The molecule has 0 saturated heterocycles. The molecule has 0 aromatic heterocycles. The summed E-state index contributed by atoms with van der Waals surface area (Å²) < 4.78 is 4.70. The largest absolute Gasteiger partial charge is 0.460 e. The van der Waals surface area contributed by atoms with Crippen LogP contribution in [0.1, 0.15) is 54.4 Å². The molecule has 3 nitrogen and oxygen atoms in total. The molecule has 1 fully saturated rings. The minimum atomic E-state index is -0.772. The van der Waals surface area contributed by atoms with Gasteiger partial charge in [-0.3, -0.25) is 4.79 Å². The molecule has 1 aromatic rings. The van der Waals surface area contributed by atoms with Crippen molar-refractivity contribution in [2.45, 2.75) is 38.5 Å². The summed E-state index contributed by atoms with van der Waals surface area (Å²) in [5, 5.41) is 0. The van der Waals surface area contributed by atoms with Crippen LogP contribution >= 0.6 is 0 Å². The Bertz CT molecular complexity index is 428. The summed E-state index contributed by atoms with van der Waals surface area (Å²) in [7, 11) is 0. The molecule has 0 heterocycles. The Labute approximate surface area is 107 Å². The van der Waals surface area contributed by atoms with Gasteiger partial charge in [0, 0.05) is 5.56 Å². The lowest BCUT2D eigenvalue weighted by Crippen LogP contribution is -2.17. The fraction of sp³-hybridized carbons (Fsp3) is 0.467. The summed E-state index contributed by atoms with van der Waals surface area (Å²) in [6.45, 7) is 1.92. The Kier molecular flexibility index (Phi) is 4.13. The van der Waals surface area contributed by atoms with Crippen molar-refractivity contribution in [2.24, 2.45) is 0 Å². The fourth-order valence-corrected chi connectivity index (χ4v) is 2.48. The summed E-state index contributed by atoms with van der Waals surface area (Å²) in [6, 6.07) is 7.38. The molecule has 0 aliphatic heterocycles. The van der Waals surface area contributed by atoms with Gasteiger partial charge in [0.05, 0.1) is 6.61 Å². The van der Waals surface area contributed by atoms with Crippen LogP contribution in [0.25, 0.3) is 0 Å². The van der Waals surface area contributed by atoms with Crippen LogP contribution in [0.3, 0.4) is 0 Å². The number of rotatable bonds is 4. The molecule has 3 heteroatoms. The van der Waals surface area contributed by atoms with Crippen molar-refractivity contribution in [3.05, 3.63) is 35.4 Å². The minimum Gasteiger partial charge on any atom is -0.460 e. The van der Waals surface area contributed by atoms with Gasteiger partial charge in [-0.15, -0.1) is 0 Å². The van der Waals surface area contributed by atoms with Gasteiger partial charge in [-0.1, -0.05) is 37.1 Å². The standard InChI is InChI=1S/C15H18O3/c1-2-18-15(17)14(16)13-9-7-12(8-10-13)11-5-3-4-6-11/h7-11H,2-6H2,1H3. The van der Waals surface area contributed by atoms with Crippen molar-refractivity contribution < 1.29 is 14.3 Å². The van der Waals surface area contributed by atoms with Gasteiger partial charge in [0.15, 0.2) is 0 Å². The van der Waals surface area contributed by atoms with Crippen LogP contribution in [0.2, 0.25) is 0 Å². The highest BCUT2D eigenvalue weighted by molar-refractivity contribution is 6.40. The lowest BCUT2D eigenvalue weighted by atomic mass is 9.96. The molecule has 1 aliphatic carbocycles. The maximum Gasteiger partial charge on any atom is 0.379 e. The Hall–Kier alpha value is -1.64. The molecule has 0 amide bonds. The number of Topliss-reactive ketones (excluding diaryl/α,β-unsaturated/α-hetero) is 1. The van der Waals surface area contributed by atoms with Crippen LogP contribution < -0.4 is 0 Å². The van der Waals surface area contributed by atoms with E-state index in [1.807, 2.05) is 12.1 Å². The zero-order chi connectivity index (χ0) is 13.0. The van der Waals surface area contributed by atoms with Crippen LogP contribution in [0, 0.1) is 0 Å². The number of benzene rings is 1. The molecule has 0 unspecified atom stereocenters. The third kappa shape index (κ3) is 2.78. The Morgan fingerprint density at radius 2 is 1.78 bits per heavy atom. The second kappa shape index (κ2) is 5.80. The zero-order valence-corrected chi connectivity index (χ0v) is 10.6. The molecule has 18 heavy (non-hydrogen) atoms. The van der Waals surface area contributed by atoms with E-state index in [1.54, 1.807) is 19.1 Å². The van der Waals surface area contributed by atoms with Crippen molar-refractivity contribution in [3.8, 4) is 0 Å². The molecule has 2 rings (SSSR count). The van der Waals surface area contributed by atoms with Crippen LogP contribution in [0.4, 0.5) is 0 Å². The van der Waals surface area contributed by atoms with Gasteiger partial charge in [-0.25, -0.2) is 4.79 Å². The predicted molar refractivity (Wildman–Crippen MR) is 68.6 cm³/mol. The fourth-order valence-electron chi connectivity index (χ4n) is 2.48. The van der Waals surface area contributed by atoms with E-state index >= 15 is 0 Å². The van der Waals surface area contributed by atoms with E-state index in [-0.39, 0.29) is 6.61 Å². The van der Waals surface area contributed by atoms with Crippen molar-refractivity contribution in [1.82, 2.24) is 0 Å². The first kappa shape index (κ1) is 12.8. The molecule has 0 radical (unpaired) electrons. The first-order chi connectivity index (χ1) is 8.72. The number of carbonyl (C=O) groups excluding carboxylic acids is 2. The van der Waals surface area contributed by atoms with E-state index in [1.165, 1.54) is 31.2 Å². The summed E-state index contributed by atoms with van der Waals surface area (Å²) >= 11 is 0. The van der Waals surface area contributed by atoms with Gasteiger partial charge >= 0.3 is 5.97 Å². The third-order valence-electron chi connectivity index (χ3n) is 3.46. The van der Waals surface area contributed by atoms with Crippen LogP contribution in [-0.2, 0) is 9.53 Å². The van der Waals surface area contributed by atoms with Crippen LogP contribution in [0.15, 0.2) is 24.3 Å². The quantitative estimate of drug-likeness (QED) is 0.466. The molecule has 1 aliphatic rings. The monoisotopic (exact) mass is 246 g/mol. The second-order valence-electron chi connectivity index (χ2n) is 4.65. The summed E-state index contributed by atoms with van der Waals surface area (Å²) in [5.41, 5.74) is 1.68. The lowest BCUT2D eigenvalue weighted by Gasteiger charge is -2.09. The summed E-state index contributed by atoms with van der Waals surface area (Å²) in [4.78, 5) is 23.0. The lowest BCUT2D eigenvalue weighted by molar-refractivity contribution is -0.137. The molecule has 1 saturated carbocycles. The van der Waals surface area contributed by atoms with Crippen molar-refractivity contribution >= 4 is 11.8 Å². The van der Waals surface area contributed by atoms with Crippen LogP contribution in [0.5, 0.6) is 0 Å². The number of esters is 1. The molecule has 0 atom stereocenters. The third-order valence-corrected chi connectivity index (χ3v) is 3.46. The number of hydrogen-bond acceptors (Lipinski definition) is 3. The molecule has 0 spiro atoms. The average Bonchev–Trinajstić information content (AvgIpc) is 2.92. The van der Waals surface area contributed by atoms with Gasteiger partial charge in [-0.05, 0) is 31.2 Å². The van der Waals surface area contributed by atoms with Gasteiger partial charge in [0.2, 0.25) is 0 Å². The molecule has 96 valence electrons. The normalized spacial score (nSPS) is 15.6. The number of carbonyl (C=O) groups is 2. The Morgan fingerprint density at radius 3 is 2.33 bits per heavy atom. The summed E-state index contributed by atoms with van der Waals surface area (Å²) in [5.74, 6) is -0.710. The first-order valence-corrected chi connectivity index (χ1v) is 6.53. The number of ether oxygens (including phenoxy) is 1. The highest BCUT2D eigenvalue weighted by Gasteiger charge is 2.20. The van der Waals surface area contributed by atoms with Gasteiger partial charge < -0.3 is 4.74 Å². The van der Waals surface area contributed by atoms with Gasteiger partial charge in [0.1, 0.15) is 0 Å². The van der Waals surface area contributed by atoms with Crippen molar-refractivity contribution in [1.29, 1.82) is 0 Å². The first-order valence-electron chi connectivity index (χ1n) is 6.53. The van der Waals surface area contributed by atoms with Crippen molar-refractivity contribution in [2.75, 3.05) is 6.61 Å². The summed E-state index contributed by atoms with van der Waals surface area (Å²) in [6.07, 6.45) is 5.03. The van der Waals surface area contributed by atoms with E-state index in [9.17, 15) is 9.59 Å². The molecular formula is C15H18O3. The van der Waals surface area contributed by atoms with Gasteiger partial charge in [0.25, 0.3) is 5.78 Å². The number of ketones is 1. The molecular weight excluding hydrogens is 228 g/mol. The van der Waals surface area contributed by atoms with E-state index in [0.717, 1.165) is 0 Å². The van der Waals surface area contributed by atoms with E-state index < -0.39 is 11.8 Å². The van der Waals surface area contributed by atoms with Crippen LogP contribution in [-0.4, -0.2) is 18.4 Å². The molecule has 0 bridgehead atoms. The minimum absolute atomic E-state index is 0.227. The van der Waals surface area contributed by atoms with E-state index in [0.29, 0.717) is 11.5 Å². The molecule has 0 N–H and O–H groups in total. The Morgan fingerprint density at radius 1 is 1.17 bits per heavy atom.